The Morgan fingerprint density at radius 2 is 1.76 bits per heavy atom. The Labute approximate surface area is 288 Å². The molecule has 0 unspecified atom stereocenters. The summed E-state index contributed by atoms with van der Waals surface area (Å²) in [7, 11) is -3.75. The van der Waals surface area contributed by atoms with Crippen LogP contribution in [0.1, 0.15) is 19.8 Å². The quantitative estimate of drug-likeness (QED) is 0.0808. The Morgan fingerprint density at radius 3 is 2.37 bits per heavy atom. The third-order valence-corrected chi connectivity index (χ3v) is 7.92. The molecule has 0 bridgehead atoms. The number of aryl methyl sites for hydroxylation is 1. The molecule has 15 nitrogen and oxygen atoms in total. The zero-order valence-corrected chi connectivity index (χ0v) is 28.5. The molecule has 1 amide bonds. The van der Waals surface area contributed by atoms with Gasteiger partial charge in [0.05, 0.1) is 37.3 Å². The molecule has 2 aromatic carbocycles. The number of sulfonamides is 1. The van der Waals surface area contributed by atoms with Crippen molar-refractivity contribution >= 4 is 21.9 Å². The molecular formula is C29H36N5NaO10S. The van der Waals surface area contributed by atoms with Gasteiger partial charge in [-0.25, -0.2) is 13.1 Å². The maximum Gasteiger partial charge on any atom is 1.00 e. The SMILES string of the molecule is CC(=O)N[C@H]1[C@H]([C@H](O)[C@H](O)CNS(C)(=O)=O)O[C@@](OCCCn2cc(-c3ccc(-c4ccccc4)cc3)nn2)(C(=O)[O-])C[C@@H]1O.[Na+]. The molecule has 1 aromatic heterocycles. The Bertz CT molecular complexity index is 1560. The first-order valence-electron chi connectivity index (χ1n) is 14.1. The number of carbonyl (C=O) groups excluding carboxylic acids is 2. The largest absolute Gasteiger partial charge is 1.00 e. The molecule has 1 saturated heterocycles. The number of hydrogen-bond acceptors (Lipinski definition) is 12. The molecule has 0 radical (unpaired) electrons. The third kappa shape index (κ3) is 9.87. The van der Waals surface area contributed by atoms with E-state index in [-0.39, 0.29) is 49.1 Å². The predicted octanol–water partition coefficient (Wildman–Crippen LogP) is -4.61. The summed E-state index contributed by atoms with van der Waals surface area (Å²) < 4.78 is 37.6. The van der Waals surface area contributed by atoms with Crippen LogP contribution >= 0.6 is 0 Å². The van der Waals surface area contributed by atoms with Gasteiger partial charge in [-0.1, -0.05) is 59.8 Å². The number of nitrogens with one attached hydrogen (secondary N) is 2. The van der Waals surface area contributed by atoms with E-state index in [0.29, 0.717) is 5.69 Å². The standard InChI is InChI=1S/C29H37N5O10S.Na/c1-18(35)31-25-23(36)15-29(28(39)40,44-27(25)26(38)24(37)16-30-45(2,41)42)43-14-6-13-34-17-22(32-33-34)21-11-9-20(10-12-21)19-7-4-3-5-8-19;/h3-5,7-12,17,23-27,30,36-38H,6,13-16H2,1-2H3,(H,31,35)(H,39,40);/q;+1/p-1/t23-,24+,25+,26+,27+,29+;/m0./s1. The van der Waals surface area contributed by atoms with E-state index in [1.165, 1.54) is 0 Å². The Balaban J connectivity index is 0.00000576. The van der Waals surface area contributed by atoms with Gasteiger partial charge in [0.25, 0.3) is 0 Å². The number of carboxylic acids is 1. The van der Waals surface area contributed by atoms with Crippen molar-refractivity contribution in [1.29, 1.82) is 0 Å². The van der Waals surface area contributed by atoms with Crippen LogP contribution in [0.15, 0.2) is 60.8 Å². The average Bonchev–Trinajstić information content (AvgIpc) is 3.48. The molecule has 3 aromatic rings. The number of ether oxygens (including phenoxy) is 2. The van der Waals surface area contributed by atoms with Crippen molar-refractivity contribution in [2.75, 3.05) is 19.4 Å². The van der Waals surface area contributed by atoms with E-state index in [1.54, 1.807) is 10.9 Å². The van der Waals surface area contributed by atoms with E-state index in [0.717, 1.165) is 29.9 Å². The Hall–Kier alpha value is -2.77. The van der Waals surface area contributed by atoms with Gasteiger partial charge in [-0.15, -0.1) is 5.10 Å². The fourth-order valence-corrected chi connectivity index (χ4v) is 5.46. The second-order valence-electron chi connectivity index (χ2n) is 10.8. The molecule has 0 spiro atoms. The molecule has 2 heterocycles. The van der Waals surface area contributed by atoms with Gasteiger partial charge in [0, 0.05) is 32.0 Å². The summed E-state index contributed by atoms with van der Waals surface area (Å²) >= 11 is 0. The van der Waals surface area contributed by atoms with E-state index in [4.69, 9.17) is 9.47 Å². The van der Waals surface area contributed by atoms with Crippen molar-refractivity contribution in [3.63, 3.8) is 0 Å². The molecule has 4 rings (SSSR count). The topological polar surface area (TPSA) is 225 Å². The average molecular weight is 670 g/mol. The number of nitrogens with zero attached hydrogens (tertiary/aromatic N) is 3. The summed E-state index contributed by atoms with van der Waals surface area (Å²) in [4.78, 5) is 24.0. The van der Waals surface area contributed by atoms with Gasteiger partial charge >= 0.3 is 29.6 Å². The van der Waals surface area contributed by atoms with Crippen molar-refractivity contribution in [3.8, 4) is 22.4 Å². The van der Waals surface area contributed by atoms with Gasteiger partial charge in [0.15, 0.2) is 0 Å². The van der Waals surface area contributed by atoms with Crippen LogP contribution in [0.5, 0.6) is 0 Å². The predicted molar refractivity (Wildman–Crippen MR) is 157 cm³/mol. The molecule has 244 valence electrons. The number of hydrogen-bond donors (Lipinski definition) is 5. The first kappa shape index (κ1) is 37.7. The van der Waals surface area contributed by atoms with E-state index >= 15 is 0 Å². The number of amides is 1. The second-order valence-corrected chi connectivity index (χ2v) is 12.6. The van der Waals surface area contributed by atoms with Gasteiger partial charge in [-0.3, -0.25) is 9.48 Å². The first-order valence-corrected chi connectivity index (χ1v) is 16.0. The molecule has 1 aliphatic rings. The van der Waals surface area contributed by atoms with Crippen molar-refractivity contribution in [2.45, 2.75) is 62.6 Å². The molecule has 1 aliphatic heterocycles. The molecule has 17 heteroatoms. The maximum atomic E-state index is 12.3. The van der Waals surface area contributed by atoms with Crippen LogP contribution in [-0.2, 0) is 35.6 Å². The minimum atomic E-state index is -3.75. The molecule has 46 heavy (non-hydrogen) atoms. The molecule has 0 aliphatic carbocycles. The Morgan fingerprint density at radius 1 is 1.13 bits per heavy atom. The van der Waals surface area contributed by atoms with E-state index in [9.17, 15) is 38.4 Å². The monoisotopic (exact) mass is 669 g/mol. The van der Waals surface area contributed by atoms with Crippen LogP contribution < -0.4 is 44.7 Å². The summed E-state index contributed by atoms with van der Waals surface area (Å²) in [6.07, 6.45) is -4.97. The molecular weight excluding hydrogens is 633 g/mol. The molecule has 5 N–H and O–H groups in total. The zero-order valence-electron chi connectivity index (χ0n) is 25.6. The number of benzene rings is 2. The minimum Gasteiger partial charge on any atom is -0.544 e. The van der Waals surface area contributed by atoms with Crippen LogP contribution in [0.4, 0.5) is 0 Å². The fraction of sp³-hybridized carbons (Fsp3) is 0.448. The smallest absolute Gasteiger partial charge is 0.544 e. The third-order valence-electron chi connectivity index (χ3n) is 7.23. The summed E-state index contributed by atoms with van der Waals surface area (Å²) in [5.41, 5.74) is 3.62. The summed E-state index contributed by atoms with van der Waals surface area (Å²) in [6, 6.07) is 16.4. The maximum absolute atomic E-state index is 12.3. The number of carboxylic acid groups (broad SMARTS) is 1. The normalized spacial score (nSPS) is 22.8. The van der Waals surface area contributed by atoms with E-state index < -0.39 is 71.1 Å². The number of aliphatic hydroxyl groups is 3. The Kier molecular flexibility index (Phi) is 13.4. The van der Waals surface area contributed by atoms with Crippen molar-refractivity contribution in [3.05, 3.63) is 60.8 Å². The van der Waals surface area contributed by atoms with Gasteiger partial charge < -0.3 is 40.0 Å². The van der Waals surface area contributed by atoms with Crippen molar-refractivity contribution in [1.82, 2.24) is 25.0 Å². The first-order chi connectivity index (χ1) is 21.3. The number of aromatic nitrogens is 3. The summed E-state index contributed by atoms with van der Waals surface area (Å²) in [6.45, 7) is 0.536. The van der Waals surface area contributed by atoms with Gasteiger partial charge in [0.2, 0.25) is 21.7 Å². The minimum absolute atomic E-state index is 0. The van der Waals surface area contributed by atoms with Crippen LogP contribution in [0.3, 0.4) is 0 Å². The zero-order chi connectivity index (χ0) is 32.8. The molecule has 0 saturated carbocycles. The number of carbonyl (C=O) groups is 2. The number of rotatable bonds is 14. The van der Waals surface area contributed by atoms with Crippen molar-refractivity contribution < 1.29 is 77.5 Å². The van der Waals surface area contributed by atoms with Gasteiger partial charge in [0.1, 0.15) is 23.9 Å². The fourth-order valence-electron chi connectivity index (χ4n) is 4.99. The van der Waals surface area contributed by atoms with Crippen LogP contribution in [0.2, 0.25) is 0 Å². The number of aliphatic hydroxyl groups excluding tert-OH is 3. The summed E-state index contributed by atoms with van der Waals surface area (Å²) in [5.74, 6) is -5.05. The van der Waals surface area contributed by atoms with Gasteiger partial charge in [-0.2, -0.15) is 0 Å². The molecule has 6 atom stereocenters. The van der Waals surface area contributed by atoms with Crippen LogP contribution in [0.25, 0.3) is 22.4 Å². The number of aliphatic carboxylic acids is 1. The summed E-state index contributed by atoms with van der Waals surface area (Å²) in [5, 5.41) is 54.9. The second kappa shape index (κ2) is 16.4. The van der Waals surface area contributed by atoms with E-state index in [1.807, 2.05) is 59.3 Å². The molecule has 1 fully saturated rings. The van der Waals surface area contributed by atoms with Crippen LogP contribution in [0, 0.1) is 0 Å². The van der Waals surface area contributed by atoms with Crippen molar-refractivity contribution in [2.24, 2.45) is 0 Å². The van der Waals surface area contributed by atoms with Gasteiger partial charge in [-0.05, 0) is 17.5 Å². The van der Waals surface area contributed by atoms with Crippen LogP contribution in [-0.4, -0.2) is 106 Å². The van der Waals surface area contributed by atoms with E-state index in [2.05, 4.69) is 15.6 Å².